The minimum Gasteiger partial charge on any atom is -0.494 e. The Kier molecular flexibility index (Phi) is 5.20. The first kappa shape index (κ1) is 16.6. The van der Waals surface area contributed by atoms with Crippen molar-refractivity contribution in [2.75, 3.05) is 44.4 Å². The molecule has 0 aromatic heterocycles. The molecule has 0 bridgehead atoms. The van der Waals surface area contributed by atoms with Crippen molar-refractivity contribution in [3.8, 4) is 5.75 Å². The Morgan fingerprint density at radius 3 is 2.67 bits per heavy atom. The molecule has 0 spiro atoms. The van der Waals surface area contributed by atoms with Crippen LogP contribution < -0.4 is 15.0 Å². The molecule has 2 heterocycles. The van der Waals surface area contributed by atoms with Gasteiger partial charge in [0.15, 0.2) is 0 Å². The van der Waals surface area contributed by atoms with Crippen molar-refractivity contribution < 1.29 is 19.1 Å². The quantitative estimate of drug-likeness (QED) is 0.900. The lowest BCUT2D eigenvalue weighted by Gasteiger charge is -2.28. The van der Waals surface area contributed by atoms with Crippen molar-refractivity contribution in [1.82, 2.24) is 10.2 Å². The molecule has 24 heavy (non-hydrogen) atoms. The fraction of sp³-hybridized carbons (Fsp3) is 0.529. The lowest BCUT2D eigenvalue weighted by atomic mass is 10.2. The Morgan fingerprint density at radius 1 is 1.29 bits per heavy atom. The van der Waals surface area contributed by atoms with Crippen LogP contribution in [0.2, 0.25) is 0 Å². The molecule has 2 aliphatic rings. The topological polar surface area (TPSA) is 71.1 Å². The Balaban J connectivity index is 1.57. The van der Waals surface area contributed by atoms with Crippen LogP contribution in [0.25, 0.3) is 0 Å². The van der Waals surface area contributed by atoms with Gasteiger partial charge < -0.3 is 24.6 Å². The summed E-state index contributed by atoms with van der Waals surface area (Å²) in [6.07, 6.45) is 0.323. The standard InChI is InChI=1S/C17H23N3O4/c1-2-24-15-5-3-14(4-6-15)20-12-13(11-16(20)21)18-17(22)19-7-9-23-10-8-19/h3-6,13H,2,7-12H2,1H3,(H,18,22). The molecule has 2 saturated heterocycles. The lowest BCUT2D eigenvalue weighted by Crippen LogP contribution is -2.49. The van der Waals surface area contributed by atoms with Crippen molar-refractivity contribution >= 4 is 17.6 Å². The highest BCUT2D eigenvalue weighted by Crippen LogP contribution is 2.24. The number of hydrogen-bond acceptors (Lipinski definition) is 4. The number of nitrogens with zero attached hydrogens (tertiary/aromatic N) is 2. The third-order valence-corrected chi connectivity index (χ3v) is 4.21. The van der Waals surface area contributed by atoms with Gasteiger partial charge in [0.1, 0.15) is 5.75 Å². The molecule has 0 saturated carbocycles. The minimum atomic E-state index is -0.167. The number of rotatable bonds is 4. The number of anilines is 1. The van der Waals surface area contributed by atoms with E-state index in [9.17, 15) is 9.59 Å². The Bertz CT molecular complexity index is 584. The maximum absolute atomic E-state index is 12.3. The van der Waals surface area contributed by atoms with E-state index in [-0.39, 0.29) is 18.0 Å². The number of morpholine rings is 1. The van der Waals surface area contributed by atoms with Gasteiger partial charge in [0.05, 0.1) is 25.9 Å². The Labute approximate surface area is 141 Å². The fourth-order valence-electron chi connectivity index (χ4n) is 2.98. The highest BCUT2D eigenvalue weighted by atomic mass is 16.5. The van der Waals surface area contributed by atoms with Crippen LogP contribution in [-0.2, 0) is 9.53 Å². The molecule has 1 unspecified atom stereocenters. The first-order valence-corrected chi connectivity index (χ1v) is 8.34. The highest BCUT2D eigenvalue weighted by Gasteiger charge is 2.32. The summed E-state index contributed by atoms with van der Waals surface area (Å²) in [5.41, 5.74) is 0.826. The number of amides is 3. The summed E-state index contributed by atoms with van der Waals surface area (Å²) in [5.74, 6) is 0.802. The van der Waals surface area contributed by atoms with Crippen LogP contribution in [0.4, 0.5) is 10.5 Å². The van der Waals surface area contributed by atoms with Crippen LogP contribution in [-0.4, -0.2) is 62.3 Å². The molecular weight excluding hydrogens is 310 g/mol. The van der Waals surface area contributed by atoms with Crippen molar-refractivity contribution in [2.24, 2.45) is 0 Å². The smallest absolute Gasteiger partial charge is 0.317 e. The van der Waals surface area contributed by atoms with Crippen molar-refractivity contribution in [3.63, 3.8) is 0 Å². The van der Waals surface area contributed by atoms with E-state index in [0.29, 0.717) is 45.9 Å². The molecule has 7 heteroatoms. The summed E-state index contributed by atoms with van der Waals surface area (Å²) in [6.45, 7) is 5.34. The maximum Gasteiger partial charge on any atom is 0.317 e. The summed E-state index contributed by atoms with van der Waals surface area (Å²) in [7, 11) is 0. The summed E-state index contributed by atoms with van der Waals surface area (Å²) in [4.78, 5) is 27.9. The monoisotopic (exact) mass is 333 g/mol. The van der Waals surface area contributed by atoms with Crippen molar-refractivity contribution in [2.45, 2.75) is 19.4 Å². The number of carbonyl (C=O) groups excluding carboxylic acids is 2. The second kappa shape index (κ2) is 7.53. The lowest BCUT2D eigenvalue weighted by molar-refractivity contribution is -0.117. The molecule has 1 aromatic rings. The fourth-order valence-corrected chi connectivity index (χ4v) is 2.98. The van der Waals surface area contributed by atoms with E-state index in [0.717, 1.165) is 11.4 Å². The number of urea groups is 1. The molecule has 7 nitrogen and oxygen atoms in total. The maximum atomic E-state index is 12.3. The van der Waals surface area contributed by atoms with Gasteiger partial charge in [-0.2, -0.15) is 0 Å². The number of carbonyl (C=O) groups is 2. The average molecular weight is 333 g/mol. The van der Waals surface area contributed by atoms with Gasteiger partial charge >= 0.3 is 6.03 Å². The zero-order chi connectivity index (χ0) is 16.9. The number of hydrogen-bond donors (Lipinski definition) is 1. The largest absolute Gasteiger partial charge is 0.494 e. The molecular formula is C17H23N3O4. The van der Waals surface area contributed by atoms with Crippen LogP contribution in [0.15, 0.2) is 24.3 Å². The predicted molar refractivity (Wildman–Crippen MR) is 89.3 cm³/mol. The molecule has 2 aliphatic heterocycles. The first-order chi connectivity index (χ1) is 11.7. The zero-order valence-corrected chi connectivity index (χ0v) is 13.9. The summed E-state index contributed by atoms with van der Waals surface area (Å²) < 4.78 is 10.7. The molecule has 130 valence electrons. The van der Waals surface area contributed by atoms with Crippen molar-refractivity contribution in [3.05, 3.63) is 24.3 Å². The van der Waals surface area contributed by atoms with E-state index in [1.165, 1.54) is 0 Å². The van der Waals surface area contributed by atoms with E-state index in [2.05, 4.69) is 5.32 Å². The highest BCUT2D eigenvalue weighted by molar-refractivity contribution is 5.96. The van der Waals surface area contributed by atoms with E-state index in [1.807, 2.05) is 31.2 Å². The number of benzene rings is 1. The van der Waals surface area contributed by atoms with Gasteiger partial charge in [-0.05, 0) is 31.2 Å². The van der Waals surface area contributed by atoms with Crippen LogP contribution in [0.5, 0.6) is 5.75 Å². The minimum absolute atomic E-state index is 0.0198. The molecule has 1 aromatic carbocycles. The predicted octanol–water partition coefficient (Wildman–Crippen LogP) is 1.23. The third kappa shape index (κ3) is 3.79. The zero-order valence-electron chi connectivity index (χ0n) is 13.9. The normalized spacial score (nSPS) is 21.0. The summed E-state index contributed by atoms with van der Waals surface area (Å²) in [5, 5.41) is 2.95. The molecule has 3 rings (SSSR count). The van der Waals surface area contributed by atoms with Gasteiger partial charge in [-0.1, -0.05) is 0 Å². The third-order valence-electron chi connectivity index (χ3n) is 4.21. The molecule has 0 aliphatic carbocycles. The molecule has 1 atom stereocenters. The summed E-state index contributed by atoms with van der Waals surface area (Å²) >= 11 is 0. The van der Waals surface area contributed by atoms with Crippen LogP contribution in [0.3, 0.4) is 0 Å². The van der Waals surface area contributed by atoms with Gasteiger partial charge in [-0.15, -0.1) is 0 Å². The number of ether oxygens (including phenoxy) is 2. The average Bonchev–Trinajstić information content (AvgIpc) is 2.97. The van der Waals surface area contributed by atoms with Crippen molar-refractivity contribution in [1.29, 1.82) is 0 Å². The van der Waals surface area contributed by atoms with E-state index in [4.69, 9.17) is 9.47 Å². The molecule has 2 fully saturated rings. The van der Waals surface area contributed by atoms with Crippen LogP contribution in [0, 0.1) is 0 Å². The second-order valence-corrected chi connectivity index (χ2v) is 5.88. The van der Waals surface area contributed by atoms with Gasteiger partial charge in [-0.3, -0.25) is 4.79 Å². The SMILES string of the molecule is CCOc1ccc(N2CC(NC(=O)N3CCOCC3)CC2=O)cc1. The van der Waals surface area contributed by atoms with E-state index in [1.54, 1.807) is 9.80 Å². The van der Waals surface area contributed by atoms with Gasteiger partial charge in [0.2, 0.25) is 5.91 Å². The van der Waals surface area contributed by atoms with E-state index < -0.39 is 0 Å². The number of nitrogens with one attached hydrogen (secondary N) is 1. The molecule has 1 N–H and O–H groups in total. The van der Waals surface area contributed by atoms with Gasteiger partial charge in [0, 0.05) is 31.7 Å². The van der Waals surface area contributed by atoms with Crippen LogP contribution >= 0.6 is 0 Å². The molecule has 3 amide bonds. The van der Waals surface area contributed by atoms with Gasteiger partial charge in [-0.25, -0.2) is 4.79 Å². The van der Waals surface area contributed by atoms with Gasteiger partial charge in [0.25, 0.3) is 0 Å². The Hall–Kier alpha value is -2.28. The molecule has 0 radical (unpaired) electrons. The van der Waals surface area contributed by atoms with E-state index >= 15 is 0 Å². The summed E-state index contributed by atoms with van der Waals surface area (Å²) in [6, 6.07) is 7.16. The van der Waals surface area contributed by atoms with Crippen LogP contribution in [0.1, 0.15) is 13.3 Å². The second-order valence-electron chi connectivity index (χ2n) is 5.88. The first-order valence-electron chi connectivity index (χ1n) is 8.34. The Morgan fingerprint density at radius 2 is 2.00 bits per heavy atom.